The number of rotatable bonds is 3. The summed E-state index contributed by atoms with van der Waals surface area (Å²) >= 11 is 0. The smallest absolute Gasteiger partial charge is 0.192 e. The molecule has 0 bridgehead atoms. The van der Waals surface area contributed by atoms with Crippen molar-refractivity contribution in [2.75, 3.05) is 5.73 Å². The van der Waals surface area contributed by atoms with E-state index in [1.54, 1.807) is 0 Å². The average molecular weight is 386 g/mol. The van der Waals surface area contributed by atoms with Crippen LogP contribution in [0.4, 0.5) is 5.82 Å². The van der Waals surface area contributed by atoms with Crippen molar-refractivity contribution >= 4 is 28.6 Å². The van der Waals surface area contributed by atoms with Crippen LogP contribution in [0, 0.1) is 6.92 Å². The first kappa shape index (κ1) is 20.3. The Morgan fingerprint density at radius 3 is 2.55 bits per heavy atom. The van der Waals surface area contributed by atoms with Crippen LogP contribution in [0.1, 0.15) is 44.1 Å². The van der Waals surface area contributed by atoms with Crippen molar-refractivity contribution in [2.24, 2.45) is 0 Å². The second kappa shape index (κ2) is 8.27. The van der Waals surface area contributed by atoms with E-state index in [1.807, 2.05) is 63.2 Å². The van der Waals surface area contributed by atoms with E-state index in [1.165, 1.54) is 0 Å². The topological polar surface area (TPSA) is 77.8 Å². The number of hydrogen-bond acceptors (Lipinski definition) is 5. The molecule has 0 saturated carbocycles. The quantitative estimate of drug-likeness (QED) is 0.580. The Bertz CT molecular complexity index is 1270. The lowest BCUT2D eigenvalue weighted by molar-refractivity contribution is 0.561. The van der Waals surface area contributed by atoms with Gasteiger partial charge in [0.05, 0.1) is 5.35 Å². The molecule has 0 aliphatic heterocycles. The van der Waals surface area contributed by atoms with Gasteiger partial charge in [0.25, 0.3) is 0 Å². The molecule has 0 unspecified atom stereocenters. The van der Waals surface area contributed by atoms with E-state index in [4.69, 9.17) is 15.1 Å². The van der Waals surface area contributed by atoms with Gasteiger partial charge in [-0.3, -0.25) is 0 Å². The molecule has 0 atom stereocenters. The molecule has 0 aliphatic rings. The third-order valence-electron chi connectivity index (χ3n) is 4.79. The van der Waals surface area contributed by atoms with Crippen LogP contribution in [0.25, 0.3) is 22.7 Å². The highest BCUT2D eigenvalue weighted by Gasteiger charge is 2.09. The molecular formula is C24H26N4O. The number of nitrogens with zero attached hydrogens (tertiary/aromatic N) is 3. The number of aromatic nitrogens is 3. The molecule has 2 aromatic carbocycles. The van der Waals surface area contributed by atoms with Crippen LogP contribution < -0.4 is 16.3 Å². The predicted molar refractivity (Wildman–Crippen MR) is 119 cm³/mol. The van der Waals surface area contributed by atoms with Crippen LogP contribution in [-0.4, -0.2) is 15.0 Å². The maximum atomic E-state index is 6.38. The van der Waals surface area contributed by atoms with Crippen LogP contribution >= 0.6 is 0 Å². The summed E-state index contributed by atoms with van der Waals surface area (Å²) in [6.45, 7) is 5.85. The molecule has 2 aromatic heterocycles. The van der Waals surface area contributed by atoms with E-state index < -0.39 is 0 Å². The lowest BCUT2D eigenvalue weighted by atomic mass is 10.0. The lowest BCUT2D eigenvalue weighted by Crippen LogP contribution is -2.35. The van der Waals surface area contributed by atoms with Gasteiger partial charge in [-0.25, -0.2) is 15.0 Å². The summed E-state index contributed by atoms with van der Waals surface area (Å²) < 4.78 is 5.57. The molecule has 0 fully saturated rings. The molecule has 0 spiro atoms. The zero-order valence-electron chi connectivity index (χ0n) is 16.2. The molecule has 4 aromatic rings. The van der Waals surface area contributed by atoms with E-state index in [0.29, 0.717) is 18.1 Å². The Kier molecular flexibility index (Phi) is 5.78. The molecule has 148 valence electrons. The number of benzene rings is 2. The number of aryl methyl sites for hydroxylation is 1. The number of anilines is 1. The fraction of sp³-hybridized carbons (Fsp3) is 0.208. The monoisotopic (exact) mass is 386 g/mol. The fourth-order valence-electron chi connectivity index (χ4n) is 3.42. The third-order valence-corrected chi connectivity index (χ3v) is 4.79. The van der Waals surface area contributed by atoms with Crippen LogP contribution in [-0.2, 0) is 6.42 Å². The maximum absolute atomic E-state index is 6.38. The lowest BCUT2D eigenvalue weighted by Gasteiger charge is -2.07. The third kappa shape index (κ3) is 4.04. The summed E-state index contributed by atoms with van der Waals surface area (Å²) in [5.41, 5.74) is 11.2. The minimum absolute atomic E-state index is 0. The zero-order chi connectivity index (χ0) is 19.7. The normalized spacial score (nSPS) is 12.7. The van der Waals surface area contributed by atoms with E-state index in [0.717, 1.165) is 44.2 Å². The van der Waals surface area contributed by atoms with Gasteiger partial charge < -0.3 is 10.2 Å². The Morgan fingerprint density at radius 1 is 1.07 bits per heavy atom. The number of oxazole rings is 1. The molecule has 5 nitrogen and oxygen atoms in total. The van der Waals surface area contributed by atoms with Gasteiger partial charge in [0.1, 0.15) is 17.2 Å². The molecule has 2 heterocycles. The van der Waals surface area contributed by atoms with Crippen LogP contribution in [0.5, 0.6) is 0 Å². The van der Waals surface area contributed by atoms with Crippen LogP contribution in [0.3, 0.4) is 0 Å². The molecule has 4 rings (SSSR count). The molecule has 0 aliphatic carbocycles. The van der Waals surface area contributed by atoms with Crippen molar-refractivity contribution in [2.45, 2.75) is 34.6 Å². The molecular weight excluding hydrogens is 360 g/mol. The van der Waals surface area contributed by atoms with Crippen molar-refractivity contribution in [3.05, 3.63) is 81.9 Å². The average Bonchev–Trinajstić information content (AvgIpc) is 3.07. The summed E-state index contributed by atoms with van der Waals surface area (Å²) in [5.74, 6) is 1.86. The van der Waals surface area contributed by atoms with Crippen molar-refractivity contribution in [1.29, 1.82) is 0 Å². The molecule has 29 heavy (non-hydrogen) atoms. The standard InChI is InChI=1S/C23H22N4O.CH4/c1-4-18-22(14(2)17-10-11-20-19(13-17)25-15(3)28-20)23(24)27-21(26-18)12-16-8-6-5-7-9-16;/h4-11,13H,12H2,1-3H3,(H2,24,26,27);1H4/b18-4+,22-14-;. The first-order valence-corrected chi connectivity index (χ1v) is 9.26. The van der Waals surface area contributed by atoms with Crippen LogP contribution in [0.2, 0.25) is 0 Å². The Labute approximate surface area is 170 Å². The van der Waals surface area contributed by atoms with Gasteiger partial charge in [0, 0.05) is 18.6 Å². The molecule has 2 N–H and O–H groups in total. The second-order valence-electron chi connectivity index (χ2n) is 6.78. The van der Waals surface area contributed by atoms with E-state index in [2.05, 4.69) is 22.1 Å². The first-order valence-electron chi connectivity index (χ1n) is 9.26. The summed E-state index contributed by atoms with van der Waals surface area (Å²) in [5, 5.41) is 1.70. The SMILES string of the molecule is C.C/C=c1/nc(Cc2ccccc2)nc(N)/c1=C(/C)c1ccc2oc(C)nc2c1. The molecule has 0 amide bonds. The minimum atomic E-state index is 0. The fourth-order valence-corrected chi connectivity index (χ4v) is 3.42. The Balaban J connectivity index is 0.00000240. The van der Waals surface area contributed by atoms with Crippen molar-refractivity contribution < 1.29 is 4.42 Å². The Hall–Kier alpha value is -3.47. The highest BCUT2D eigenvalue weighted by Crippen LogP contribution is 2.20. The van der Waals surface area contributed by atoms with E-state index >= 15 is 0 Å². The van der Waals surface area contributed by atoms with Crippen molar-refractivity contribution in [3.8, 4) is 0 Å². The van der Waals surface area contributed by atoms with Gasteiger partial charge in [0.15, 0.2) is 11.5 Å². The van der Waals surface area contributed by atoms with Crippen LogP contribution in [0.15, 0.2) is 52.9 Å². The van der Waals surface area contributed by atoms with E-state index in [-0.39, 0.29) is 7.43 Å². The van der Waals surface area contributed by atoms with Crippen molar-refractivity contribution in [3.63, 3.8) is 0 Å². The highest BCUT2D eigenvalue weighted by molar-refractivity contribution is 5.79. The Morgan fingerprint density at radius 2 is 1.83 bits per heavy atom. The number of hydrogen-bond donors (Lipinski definition) is 1. The van der Waals surface area contributed by atoms with Gasteiger partial charge in [-0.2, -0.15) is 0 Å². The molecule has 5 heteroatoms. The van der Waals surface area contributed by atoms with Gasteiger partial charge in [-0.1, -0.05) is 49.9 Å². The summed E-state index contributed by atoms with van der Waals surface area (Å²) in [6, 6.07) is 16.1. The second-order valence-corrected chi connectivity index (χ2v) is 6.78. The molecule has 0 radical (unpaired) electrons. The maximum Gasteiger partial charge on any atom is 0.192 e. The predicted octanol–water partition coefficient (Wildman–Crippen LogP) is 3.75. The number of nitrogen functional groups attached to an aromatic ring is 1. The number of nitrogens with two attached hydrogens (primary N) is 1. The van der Waals surface area contributed by atoms with Crippen molar-refractivity contribution in [1.82, 2.24) is 15.0 Å². The highest BCUT2D eigenvalue weighted by atomic mass is 16.3. The molecule has 0 saturated heterocycles. The van der Waals surface area contributed by atoms with Gasteiger partial charge in [0.2, 0.25) is 0 Å². The summed E-state index contributed by atoms with van der Waals surface area (Å²) in [4.78, 5) is 13.8. The number of fused-ring (bicyclic) bond motifs is 1. The summed E-state index contributed by atoms with van der Waals surface area (Å²) in [7, 11) is 0. The largest absolute Gasteiger partial charge is 0.441 e. The van der Waals surface area contributed by atoms with E-state index in [9.17, 15) is 0 Å². The minimum Gasteiger partial charge on any atom is -0.441 e. The first-order chi connectivity index (χ1) is 13.5. The van der Waals surface area contributed by atoms with Gasteiger partial charge in [-0.15, -0.1) is 0 Å². The van der Waals surface area contributed by atoms with Gasteiger partial charge in [-0.05, 0) is 42.7 Å². The summed E-state index contributed by atoms with van der Waals surface area (Å²) in [6.07, 6.45) is 2.62. The zero-order valence-corrected chi connectivity index (χ0v) is 16.2. The van der Waals surface area contributed by atoms with Gasteiger partial charge >= 0.3 is 0 Å².